The first kappa shape index (κ1) is 18.8. The van der Waals surface area contributed by atoms with Gasteiger partial charge in [0.2, 0.25) is 0 Å². The van der Waals surface area contributed by atoms with Gasteiger partial charge in [0.05, 0.1) is 6.42 Å². The van der Waals surface area contributed by atoms with Crippen molar-refractivity contribution in [3.05, 3.63) is 12.2 Å². The molecule has 1 atom stereocenters. The molecule has 1 fully saturated rings. The van der Waals surface area contributed by atoms with Crippen molar-refractivity contribution in [2.75, 3.05) is 6.54 Å². The van der Waals surface area contributed by atoms with E-state index in [1.54, 1.807) is 0 Å². The minimum atomic E-state index is -3.12. The molecule has 2 aliphatic heterocycles. The van der Waals surface area contributed by atoms with E-state index in [-0.39, 0.29) is 29.8 Å². The first-order valence-electron chi connectivity index (χ1n) is 7.56. The fraction of sp³-hybridized carbons (Fsp3) is 0.500. The fourth-order valence-electron chi connectivity index (χ4n) is 2.37. The average molecular weight is 372 g/mol. The summed E-state index contributed by atoms with van der Waals surface area (Å²) in [6, 6.07) is 0. The third kappa shape index (κ3) is 4.50. The molecule has 0 aliphatic carbocycles. The molecule has 0 saturated carbocycles. The van der Waals surface area contributed by atoms with Gasteiger partial charge in [-0.05, 0) is 12.8 Å². The van der Waals surface area contributed by atoms with Crippen LogP contribution in [0.4, 0.5) is 0 Å². The Labute approximate surface area is 144 Å². The van der Waals surface area contributed by atoms with Crippen molar-refractivity contribution < 1.29 is 37.2 Å². The van der Waals surface area contributed by atoms with Gasteiger partial charge in [0.1, 0.15) is 5.25 Å². The van der Waals surface area contributed by atoms with Crippen LogP contribution in [-0.2, 0) is 39.5 Å². The van der Waals surface area contributed by atoms with Gasteiger partial charge in [-0.15, -0.1) is 5.06 Å². The van der Waals surface area contributed by atoms with Gasteiger partial charge in [0.15, 0.2) is 10.7 Å². The van der Waals surface area contributed by atoms with E-state index in [0.29, 0.717) is 19.3 Å². The molecule has 0 radical (unpaired) electrons. The molecule has 2 rings (SSSR count). The number of amides is 4. The number of hydrogen-bond acceptors (Lipinski definition) is 8. The quantitative estimate of drug-likeness (QED) is 0.314. The zero-order valence-corrected chi connectivity index (χ0v) is 14.0. The van der Waals surface area contributed by atoms with Crippen LogP contribution in [0.2, 0.25) is 0 Å². The number of carbonyl (C=O) groups is 5. The van der Waals surface area contributed by atoms with Crippen LogP contribution in [0.15, 0.2) is 12.2 Å². The Morgan fingerprint density at radius 2 is 1.72 bits per heavy atom. The number of nitrogens with zero attached hydrogens (tertiary/aromatic N) is 2. The topological polar surface area (TPSA) is 135 Å². The van der Waals surface area contributed by atoms with Crippen molar-refractivity contribution in [1.82, 2.24) is 9.96 Å². The van der Waals surface area contributed by atoms with E-state index in [2.05, 4.69) is 4.84 Å². The zero-order valence-electron chi connectivity index (χ0n) is 13.1. The third-order valence-electron chi connectivity index (χ3n) is 3.69. The molecule has 136 valence electrons. The first-order chi connectivity index (χ1) is 11.8. The second-order valence-electron chi connectivity index (χ2n) is 5.47. The molecule has 0 aromatic rings. The van der Waals surface area contributed by atoms with E-state index in [1.807, 2.05) is 0 Å². The first-order valence-corrected chi connectivity index (χ1v) is 8.80. The Hall–Kier alpha value is -2.56. The van der Waals surface area contributed by atoms with E-state index in [1.165, 1.54) is 12.2 Å². The van der Waals surface area contributed by atoms with Gasteiger partial charge < -0.3 is 4.84 Å². The van der Waals surface area contributed by atoms with Gasteiger partial charge in [-0.1, -0.05) is 6.42 Å². The molecule has 0 N–H and O–H groups in total. The molecule has 1 unspecified atom stereocenters. The molecule has 11 heteroatoms. The summed E-state index contributed by atoms with van der Waals surface area (Å²) in [7, 11) is -3.12. The fourth-order valence-corrected chi connectivity index (χ4v) is 2.96. The second-order valence-corrected chi connectivity index (χ2v) is 6.66. The van der Waals surface area contributed by atoms with Crippen molar-refractivity contribution in [3.63, 3.8) is 0 Å². The highest BCUT2D eigenvalue weighted by atomic mass is 32.2. The van der Waals surface area contributed by atoms with E-state index >= 15 is 0 Å². The summed E-state index contributed by atoms with van der Waals surface area (Å²) in [6.45, 7) is 0.237. The molecule has 10 nitrogen and oxygen atoms in total. The van der Waals surface area contributed by atoms with Gasteiger partial charge in [0, 0.05) is 25.1 Å². The Bertz CT molecular complexity index is 700. The van der Waals surface area contributed by atoms with Crippen LogP contribution < -0.4 is 0 Å². The summed E-state index contributed by atoms with van der Waals surface area (Å²) in [5, 5.41) is -1.29. The van der Waals surface area contributed by atoms with Crippen LogP contribution in [0.25, 0.3) is 0 Å². The van der Waals surface area contributed by atoms with Gasteiger partial charge >= 0.3 is 5.97 Å². The second kappa shape index (κ2) is 8.01. The molecule has 0 bridgehead atoms. The number of hydroxylamine groups is 2. The van der Waals surface area contributed by atoms with Crippen LogP contribution in [0.1, 0.15) is 32.1 Å². The normalized spacial score (nSPS) is 20.3. The lowest BCUT2D eigenvalue weighted by Crippen LogP contribution is -2.34. The predicted octanol–water partition coefficient (Wildman–Crippen LogP) is -1.33. The molecular formula is C14H16N2O8S. The van der Waals surface area contributed by atoms with Crippen LogP contribution in [0, 0.1) is 0 Å². The van der Waals surface area contributed by atoms with Gasteiger partial charge in [-0.25, -0.2) is 13.2 Å². The number of thiol groups is 1. The Morgan fingerprint density at radius 3 is 2.28 bits per heavy atom. The molecule has 4 amide bonds. The minimum absolute atomic E-state index is 0.0919. The molecule has 2 heterocycles. The Kier molecular flexibility index (Phi) is 6.02. The molecule has 0 spiro atoms. The van der Waals surface area contributed by atoms with Crippen LogP contribution in [0.3, 0.4) is 0 Å². The number of carbonyl (C=O) groups excluding carboxylic acids is 5. The lowest BCUT2D eigenvalue weighted by atomic mass is 10.2. The molecule has 0 aromatic carbocycles. The number of unbranched alkanes of at least 4 members (excludes halogenated alkanes) is 2. The molecule has 0 aromatic heterocycles. The summed E-state index contributed by atoms with van der Waals surface area (Å²) in [5.41, 5.74) is 0. The Balaban J connectivity index is 1.67. The Morgan fingerprint density at radius 1 is 1.08 bits per heavy atom. The number of rotatable bonds is 8. The summed E-state index contributed by atoms with van der Waals surface area (Å²) >= 11 is 0. The largest absolute Gasteiger partial charge is 0.333 e. The lowest BCUT2D eigenvalue weighted by Gasteiger charge is -2.14. The van der Waals surface area contributed by atoms with E-state index < -0.39 is 40.2 Å². The molecule has 25 heavy (non-hydrogen) atoms. The van der Waals surface area contributed by atoms with Crippen molar-refractivity contribution in [3.8, 4) is 0 Å². The summed E-state index contributed by atoms with van der Waals surface area (Å²) in [6.07, 6.45) is 3.12. The summed E-state index contributed by atoms with van der Waals surface area (Å²) < 4.78 is 21.7. The highest BCUT2D eigenvalue weighted by molar-refractivity contribution is 7.74. The SMILES string of the molecule is O=C(CCCCCN1C(=O)C=CC1=O)ON1C(=O)CC([SH](=O)=O)C1=O. The minimum Gasteiger partial charge on any atom is -0.330 e. The maximum Gasteiger partial charge on any atom is 0.333 e. The highest BCUT2D eigenvalue weighted by Crippen LogP contribution is 2.17. The van der Waals surface area contributed by atoms with Crippen LogP contribution in [0.5, 0.6) is 0 Å². The lowest BCUT2D eigenvalue weighted by molar-refractivity contribution is -0.197. The zero-order chi connectivity index (χ0) is 18.6. The van der Waals surface area contributed by atoms with Crippen LogP contribution in [-0.4, -0.2) is 59.8 Å². The number of hydrogen-bond donors (Lipinski definition) is 1. The van der Waals surface area contributed by atoms with E-state index in [4.69, 9.17) is 0 Å². The summed E-state index contributed by atoms with van der Waals surface area (Å²) in [5.74, 6) is -3.52. The molecule has 1 saturated heterocycles. The van der Waals surface area contributed by atoms with E-state index in [0.717, 1.165) is 4.90 Å². The average Bonchev–Trinajstić information content (AvgIpc) is 3.01. The van der Waals surface area contributed by atoms with Gasteiger partial charge in [-0.3, -0.25) is 24.1 Å². The maximum atomic E-state index is 11.6. The van der Waals surface area contributed by atoms with Gasteiger partial charge in [-0.2, -0.15) is 0 Å². The molecule has 2 aliphatic rings. The predicted molar refractivity (Wildman–Crippen MR) is 81.0 cm³/mol. The molecular weight excluding hydrogens is 356 g/mol. The van der Waals surface area contributed by atoms with Crippen LogP contribution >= 0.6 is 0 Å². The smallest absolute Gasteiger partial charge is 0.330 e. The van der Waals surface area contributed by atoms with Crippen molar-refractivity contribution >= 4 is 40.3 Å². The summed E-state index contributed by atoms with van der Waals surface area (Å²) in [4.78, 5) is 63.1. The van der Waals surface area contributed by atoms with Crippen molar-refractivity contribution in [2.45, 2.75) is 37.4 Å². The van der Waals surface area contributed by atoms with Gasteiger partial charge in [0.25, 0.3) is 23.6 Å². The third-order valence-corrected chi connectivity index (χ3v) is 4.60. The highest BCUT2D eigenvalue weighted by Gasteiger charge is 2.43. The number of imide groups is 2. The standard InChI is InChI=1S/C14H16N2O8S/c17-10-5-6-11(18)15(10)7-3-1-2-4-13(20)24-16-12(19)8-9(14(16)21)25(22)23/h5-6,9,25H,1-4,7-8H2. The van der Waals surface area contributed by atoms with E-state index in [9.17, 15) is 32.4 Å². The monoisotopic (exact) mass is 372 g/mol. The maximum absolute atomic E-state index is 11.6. The van der Waals surface area contributed by atoms with Crippen molar-refractivity contribution in [2.24, 2.45) is 0 Å². The van der Waals surface area contributed by atoms with Crippen molar-refractivity contribution in [1.29, 1.82) is 0 Å².